The van der Waals surface area contributed by atoms with E-state index in [0.29, 0.717) is 12.6 Å². The van der Waals surface area contributed by atoms with Gasteiger partial charge in [0.25, 0.3) is 5.91 Å². The summed E-state index contributed by atoms with van der Waals surface area (Å²) < 4.78 is 0. The van der Waals surface area contributed by atoms with E-state index in [-0.39, 0.29) is 5.91 Å². The van der Waals surface area contributed by atoms with Gasteiger partial charge in [-0.3, -0.25) is 4.79 Å². The number of rotatable bonds is 4. The number of nitrogens with two attached hydrogens (primary N) is 1. The average molecular weight is 247 g/mol. The summed E-state index contributed by atoms with van der Waals surface area (Å²) in [5.41, 5.74) is 6.28. The molecule has 4 heteroatoms. The van der Waals surface area contributed by atoms with Crippen molar-refractivity contribution in [3.05, 3.63) is 35.9 Å². The van der Waals surface area contributed by atoms with E-state index in [9.17, 15) is 4.79 Å². The third-order valence-electron chi connectivity index (χ3n) is 3.40. The van der Waals surface area contributed by atoms with Crippen LogP contribution in [0.5, 0.6) is 0 Å². The molecule has 0 saturated carbocycles. The van der Waals surface area contributed by atoms with Crippen LogP contribution >= 0.6 is 0 Å². The molecule has 4 nitrogen and oxygen atoms in total. The van der Waals surface area contributed by atoms with Crippen molar-refractivity contribution in [1.82, 2.24) is 10.2 Å². The Morgan fingerprint density at radius 1 is 1.28 bits per heavy atom. The maximum absolute atomic E-state index is 12.0. The van der Waals surface area contributed by atoms with Gasteiger partial charge < -0.3 is 16.0 Å². The summed E-state index contributed by atoms with van der Waals surface area (Å²) in [4.78, 5) is 14.3. The van der Waals surface area contributed by atoms with Gasteiger partial charge in [0.05, 0.1) is 0 Å². The predicted octanol–water partition coefficient (Wildman–Crippen LogP) is 0.840. The molecule has 1 aromatic rings. The number of carbonyl (C=O) groups excluding carboxylic acids is 1. The lowest BCUT2D eigenvalue weighted by atomic mass is 10.0. The number of likely N-dealkylation sites (tertiary alicyclic amines) is 1. The molecule has 0 atom stereocenters. The molecule has 1 fully saturated rings. The first-order valence-electron chi connectivity index (χ1n) is 6.58. The maximum atomic E-state index is 12.0. The molecule has 3 N–H and O–H groups in total. The van der Waals surface area contributed by atoms with E-state index in [4.69, 9.17) is 5.73 Å². The highest BCUT2D eigenvalue weighted by Gasteiger charge is 2.20. The minimum Gasteiger partial charge on any atom is -0.349 e. The fourth-order valence-electron chi connectivity index (χ4n) is 2.34. The van der Waals surface area contributed by atoms with E-state index < -0.39 is 0 Å². The van der Waals surface area contributed by atoms with Crippen molar-refractivity contribution in [2.24, 2.45) is 5.73 Å². The first-order valence-corrected chi connectivity index (χ1v) is 6.58. The van der Waals surface area contributed by atoms with Gasteiger partial charge in [-0.2, -0.15) is 0 Å². The van der Waals surface area contributed by atoms with Gasteiger partial charge in [-0.1, -0.05) is 18.2 Å². The van der Waals surface area contributed by atoms with Gasteiger partial charge in [0.2, 0.25) is 0 Å². The molecule has 1 aliphatic heterocycles. The topological polar surface area (TPSA) is 58.4 Å². The number of hydrogen-bond acceptors (Lipinski definition) is 3. The average Bonchev–Trinajstić information content (AvgIpc) is 2.42. The highest BCUT2D eigenvalue weighted by atomic mass is 16.1. The Hall–Kier alpha value is -1.39. The summed E-state index contributed by atoms with van der Waals surface area (Å²) in [5.74, 6) is 0.0351. The molecule has 0 aromatic heterocycles. The molecule has 0 unspecified atom stereocenters. The van der Waals surface area contributed by atoms with Crippen LogP contribution in [0.2, 0.25) is 0 Å². The first kappa shape index (κ1) is 13.1. The Bertz CT molecular complexity index is 372. The molecule has 98 valence electrons. The Balaban J connectivity index is 1.80. The zero-order chi connectivity index (χ0) is 12.8. The summed E-state index contributed by atoms with van der Waals surface area (Å²) in [5, 5.41) is 3.10. The van der Waals surface area contributed by atoms with Crippen LogP contribution in [-0.2, 0) is 0 Å². The number of nitrogens with one attached hydrogen (secondary N) is 1. The second-order valence-electron chi connectivity index (χ2n) is 4.74. The number of carbonyl (C=O) groups is 1. The Labute approximate surface area is 108 Å². The van der Waals surface area contributed by atoms with Gasteiger partial charge in [0.1, 0.15) is 0 Å². The molecule has 0 bridgehead atoms. The van der Waals surface area contributed by atoms with E-state index in [0.717, 1.165) is 38.0 Å². The highest BCUT2D eigenvalue weighted by Crippen LogP contribution is 2.10. The van der Waals surface area contributed by atoms with Crippen LogP contribution in [0.25, 0.3) is 0 Å². The predicted molar refractivity (Wildman–Crippen MR) is 72.4 cm³/mol. The van der Waals surface area contributed by atoms with Crippen molar-refractivity contribution >= 4 is 5.91 Å². The van der Waals surface area contributed by atoms with Gasteiger partial charge in [-0.05, 0) is 25.0 Å². The van der Waals surface area contributed by atoms with Crippen molar-refractivity contribution in [1.29, 1.82) is 0 Å². The summed E-state index contributed by atoms with van der Waals surface area (Å²) in [7, 11) is 0. The number of benzene rings is 1. The molecule has 1 saturated heterocycles. The zero-order valence-corrected chi connectivity index (χ0v) is 10.6. The number of piperidine rings is 1. The summed E-state index contributed by atoms with van der Waals surface area (Å²) >= 11 is 0. The van der Waals surface area contributed by atoms with E-state index in [1.807, 2.05) is 30.3 Å². The maximum Gasteiger partial charge on any atom is 0.251 e. The van der Waals surface area contributed by atoms with E-state index in [1.165, 1.54) is 0 Å². The standard InChI is InChI=1S/C14H21N3O/c15-8-11-17-9-6-13(7-10-17)16-14(18)12-4-2-1-3-5-12/h1-5,13H,6-11,15H2,(H,16,18). The van der Waals surface area contributed by atoms with E-state index in [1.54, 1.807) is 0 Å². The van der Waals surface area contributed by atoms with Crippen molar-refractivity contribution in [3.63, 3.8) is 0 Å². The third kappa shape index (κ3) is 3.55. The normalized spacial score (nSPS) is 17.6. The van der Waals surface area contributed by atoms with Crippen LogP contribution in [-0.4, -0.2) is 43.0 Å². The highest BCUT2D eigenvalue weighted by molar-refractivity contribution is 5.94. The first-order chi connectivity index (χ1) is 8.79. The molecule has 0 radical (unpaired) electrons. The molecular formula is C14H21N3O. The lowest BCUT2D eigenvalue weighted by molar-refractivity contribution is 0.0912. The Morgan fingerprint density at radius 3 is 2.56 bits per heavy atom. The van der Waals surface area contributed by atoms with Crippen molar-refractivity contribution in [2.45, 2.75) is 18.9 Å². The van der Waals surface area contributed by atoms with E-state index in [2.05, 4.69) is 10.2 Å². The molecule has 0 aliphatic carbocycles. The van der Waals surface area contributed by atoms with Crippen LogP contribution in [0.4, 0.5) is 0 Å². The molecule has 18 heavy (non-hydrogen) atoms. The molecule has 1 amide bonds. The van der Waals surface area contributed by atoms with Gasteiger partial charge in [-0.25, -0.2) is 0 Å². The fraction of sp³-hybridized carbons (Fsp3) is 0.500. The lowest BCUT2D eigenvalue weighted by Crippen LogP contribution is -2.45. The number of nitrogens with zero attached hydrogens (tertiary/aromatic N) is 1. The van der Waals surface area contributed by atoms with Gasteiger partial charge >= 0.3 is 0 Å². The molecule has 1 aromatic carbocycles. The molecule has 0 spiro atoms. The Morgan fingerprint density at radius 2 is 1.94 bits per heavy atom. The largest absolute Gasteiger partial charge is 0.349 e. The number of hydrogen-bond donors (Lipinski definition) is 2. The van der Waals surface area contributed by atoms with Crippen LogP contribution in [0, 0.1) is 0 Å². The van der Waals surface area contributed by atoms with Crippen LogP contribution < -0.4 is 11.1 Å². The van der Waals surface area contributed by atoms with Crippen molar-refractivity contribution < 1.29 is 4.79 Å². The number of amides is 1. The summed E-state index contributed by atoms with van der Waals surface area (Å²) in [6, 6.07) is 9.68. The minimum absolute atomic E-state index is 0.0351. The zero-order valence-electron chi connectivity index (χ0n) is 10.6. The van der Waals surface area contributed by atoms with E-state index >= 15 is 0 Å². The molecule has 1 aliphatic rings. The molecule has 1 heterocycles. The summed E-state index contributed by atoms with van der Waals surface area (Å²) in [6.07, 6.45) is 2.02. The van der Waals surface area contributed by atoms with Gasteiger partial charge in [0.15, 0.2) is 0 Å². The lowest BCUT2D eigenvalue weighted by Gasteiger charge is -2.32. The van der Waals surface area contributed by atoms with Crippen LogP contribution in [0.3, 0.4) is 0 Å². The smallest absolute Gasteiger partial charge is 0.251 e. The molecule has 2 rings (SSSR count). The monoisotopic (exact) mass is 247 g/mol. The molecular weight excluding hydrogens is 226 g/mol. The minimum atomic E-state index is 0.0351. The third-order valence-corrected chi connectivity index (χ3v) is 3.40. The van der Waals surface area contributed by atoms with Gasteiger partial charge in [-0.15, -0.1) is 0 Å². The van der Waals surface area contributed by atoms with Gasteiger partial charge in [0, 0.05) is 37.8 Å². The fourth-order valence-corrected chi connectivity index (χ4v) is 2.34. The quantitative estimate of drug-likeness (QED) is 0.829. The Kier molecular flexibility index (Phi) is 4.73. The van der Waals surface area contributed by atoms with Crippen molar-refractivity contribution in [3.8, 4) is 0 Å². The SMILES string of the molecule is NCCN1CCC(NC(=O)c2ccccc2)CC1. The summed E-state index contributed by atoms with van der Waals surface area (Å²) in [6.45, 7) is 3.72. The van der Waals surface area contributed by atoms with Crippen LogP contribution in [0.15, 0.2) is 30.3 Å². The second-order valence-corrected chi connectivity index (χ2v) is 4.74. The van der Waals surface area contributed by atoms with Crippen molar-refractivity contribution in [2.75, 3.05) is 26.2 Å². The van der Waals surface area contributed by atoms with Crippen LogP contribution in [0.1, 0.15) is 23.2 Å². The second kappa shape index (κ2) is 6.52.